The molecule has 2 heterocycles. The van der Waals surface area contributed by atoms with Gasteiger partial charge in [0.2, 0.25) is 0 Å². The molecule has 7 heteroatoms. The van der Waals surface area contributed by atoms with E-state index in [2.05, 4.69) is 15.6 Å². The van der Waals surface area contributed by atoms with Gasteiger partial charge in [-0.1, -0.05) is 0 Å². The van der Waals surface area contributed by atoms with Crippen molar-refractivity contribution in [1.82, 2.24) is 15.6 Å². The van der Waals surface area contributed by atoms with Crippen LogP contribution in [0.2, 0.25) is 0 Å². The zero-order valence-electron chi connectivity index (χ0n) is 14.7. The van der Waals surface area contributed by atoms with Gasteiger partial charge in [-0.05, 0) is 39.0 Å². The van der Waals surface area contributed by atoms with Crippen molar-refractivity contribution in [2.75, 3.05) is 7.11 Å². The first-order chi connectivity index (χ1) is 12.0. The molecule has 0 aliphatic carbocycles. The number of aryl methyl sites for hydroxylation is 2. The third-order valence-electron chi connectivity index (χ3n) is 4.01. The number of carbonyl (C=O) groups excluding carboxylic acids is 1. The standard InChI is InChI=1S/C18H21N3O3S/c1-10-15-7-13(23-4)5-6-16(15)24-17(10)11(2)21-18(22)20-9-14-8-19-12(3)25-14/h5-8,11H,9H2,1-4H3,(H2,20,21,22). The van der Waals surface area contributed by atoms with Gasteiger partial charge < -0.3 is 19.8 Å². The molecule has 0 fully saturated rings. The molecular formula is C18H21N3O3S. The number of rotatable bonds is 5. The summed E-state index contributed by atoms with van der Waals surface area (Å²) < 4.78 is 11.2. The second-order valence-electron chi connectivity index (χ2n) is 5.85. The van der Waals surface area contributed by atoms with Crippen molar-refractivity contribution < 1.29 is 13.9 Å². The first-order valence-electron chi connectivity index (χ1n) is 8.00. The Bertz CT molecular complexity index is 900. The highest BCUT2D eigenvalue weighted by Crippen LogP contribution is 2.31. The Hall–Kier alpha value is -2.54. The second-order valence-corrected chi connectivity index (χ2v) is 7.17. The molecule has 132 valence electrons. The van der Waals surface area contributed by atoms with E-state index in [-0.39, 0.29) is 12.1 Å². The number of hydrogen-bond donors (Lipinski definition) is 2. The molecule has 0 saturated carbocycles. The van der Waals surface area contributed by atoms with Crippen molar-refractivity contribution in [3.8, 4) is 5.75 Å². The number of nitrogens with one attached hydrogen (secondary N) is 2. The van der Waals surface area contributed by atoms with E-state index in [1.54, 1.807) is 24.6 Å². The first-order valence-corrected chi connectivity index (χ1v) is 8.82. The van der Waals surface area contributed by atoms with Gasteiger partial charge in [-0.2, -0.15) is 0 Å². The minimum Gasteiger partial charge on any atom is -0.497 e. The van der Waals surface area contributed by atoms with Gasteiger partial charge in [-0.15, -0.1) is 11.3 Å². The molecule has 3 rings (SSSR count). The summed E-state index contributed by atoms with van der Waals surface area (Å²) in [5.41, 5.74) is 1.78. The zero-order valence-corrected chi connectivity index (χ0v) is 15.5. The number of amides is 2. The summed E-state index contributed by atoms with van der Waals surface area (Å²) in [5.74, 6) is 1.52. The van der Waals surface area contributed by atoms with Crippen LogP contribution in [0.4, 0.5) is 4.79 Å². The Morgan fingerprint density at radius 3 is 2.88 bits per heavy atom. The predicted octanol–water partition coefficient (Wildman–Crippen LogP) is 4.08. The van der Waals surface area contributed by atoms with Gasteiger partial charge >= 0.3 is 6.03 Å². The molecule has 0 spiro atoms. The van der Waals surface area contributed by atoms with E-state index >= 15 is 0 Å². The third kappa shape index (κ3) is 3.76. The van der Waals surface area contributed by atoms with Crippen LogP contribution in [0.25, 0.3) is 11.0 Å². The molecule has 2 amide bonds. The molecular weight excluding hydrogens is 338 g/mol. The molecule has 0 bridgehead atoms. The molecule has 1 unspecified atom stereocenters. The molecule has 25 heavy (non-hydrogen) atoms. The molecule has 2 N–H and O–H groups in total. The Labute approximate surface area is 150 Å². The SMILES string of the molecule is COc1ccc2oc(C(C)NC(=O)NCc3cnc(C)s3)c(C)c2c1. The van der Waals surface area contributed by atoms with Crippen LogP contribution in [0.5, 0.6) is 5.75 Å². The van der Waals surface area contributed by atoms with E-state index in [1.165, 1.54) is 0 Å². The molecule has 6 nitrogen and oxygen atoms in total. The van der Waals surface area contributed by atoms with Crippen LogP contribution in [0.3, 0.4) is 0 Å². The molecule has 1 atom stereocenters. The summed E-state index contributed by atoms with van der Waals surface area (Å²) >= 11 is 1.57. The van der Waals surface area contributed by atoms with E-state index in [0.29, 0.717) is 6.54 Å². The van der Waals surface area contributed by atoms with Crippen LogP contribution in [-0.4, -0.2) is 18.1 Å². The molecule has 0 aliphatic heterocycles. The Kier molecular flexibility index (Phi) is 4.94. The minimum atomic E-state index is -0.249. The number of ether oxygens (including phenoxy) is 1. The molecule has 0 radical (unpaired) electrons. The number of methoxy groups -OCH3 is 1. The Morgan fingerprint density at radius 2 is 2.20 bits per heavy atom. The lowest BCUT2D eigenvalue weighted by Gasteiger charge is -2.13. The van der Waals surface area contributed by atoms with Crippen LogP contribution in [-0.2, 0) is 6.54 Å². The van der Waals surface area contributed by atoms with Crippen molar-refractivity contribution in [1.29, 1.82) is 0 Å². The number of fused-ring (bicyclic) bond motifs is 1. The van der Waals surface area contributed by atoms with Crippen molar-refractivity contribution in [3.63, 3.8) is 0 Å². The van der Waals surface area contributed by atoms with Crippen LogP contribution in [0.15, 0.2) is 28.8 Å². The number of carbonyl (C=O) groups is 1. The number of benzene rings is 1. The highest BCUT2D eigenvalue weighted by Gasteiger charge is 2.18. The Balaban J connectivity index is 1.68. The molecule has 2 aromatic heterocycles. The topological polar surface area (TPSA) is 76.4 Å². The van der Waals surface area contributed by atoms with E-state index in [4.69, 9.17) is 9.15 Å². The van der Waals surface area contributed by atoms with E-state index in [0.717, 1.165) is 37.9 Å². The van der Waals surface area contributed by atoms with E-state index in [1.807, 2.05) is 39.0 Å². The number of hydrogen-bond acceptors (Lipinski definition) is 5. The van der Waals surface area contributed by atoms with Crippen molar-refractivity contribution >= 4 is 28.3 Å². The number of aromatic nitrogens is 1. The average molecular weight is 359 g/mol. The van der Waals surface area contributed by atoms with Gasteiger partial charge in [-0.3, -0.25) is 0 Å². The maximum atomic E-state index is 12.1. The highest BCUT2D eigenvalue weighted by molar-refractivity contribution is 7.11. The fourth-order valence-electron chi connectivity index (χ4n) is 2.73. The van der Waals surface area contributed by atoms with Crippen LogP contribution >= 0.6 is 11.3 Å². The van der Waals surface area contributed by atoms with Crippen molar-refractivity contribution in [2.24, 2.45) is 0 Å². The maximum absolute atomic E-state index is 12.1. The summed E-state index contributed by atoms with van der Waals surface area (Å²) in [6.45, 7) is 6.28. The molecule has 0 saturated heterocycles. The van der Waals surface area contributed by atoms with E-state index in [9.17, 15) is 4.79 Å². The quantitative estimate of drug-likeness (QED) is 0.720. The lowest BCUT2D eigenvalue weighted by Crippen LogP contribution is -2.36. The molecule has 3 aromatic rings. The monoisotopic (exact) mass is 359 g/mol. The van der Waals surface area contributed by atoms with Crippen molar-refractivity contribution in [2.45, 2.75) is 33.4 Å². The zero-order chi connectivity index (χ0) is 18.0. The van der Waals surface area contributed by atoms with Crippen molar-refractivity contribution in [3.05, 3.63) is 45.6 Å². The fourth-order valence-corrected chi connectivity index (χ4v) is 3.46. The van der Waals surface area contributed by atoms with Gasteiger partial charge in [0, 0.05) is 22.0 Å². The number of urea groups is 1. The second kappa shape index (κ2) is 7.14. The smallest absolute Gasteiger partial charge is 0.315 e. The molecule has 1 aromatic carbocycles. The van der Waals surface area contributed by atoms with Crippen LogP contribution < -0.4 is 15.4 Å². The summed E-state index contributed by atoms with van der Waals surface area (Å²) in [7, 11) is 1.64. The highest BCUT2D eigenvalue weighted by atomic mass is 32.1. The van der Waals surface area contributed by atoms with Crippen LogP contribution in [0, 0.1) is 13.8 Å². The lowest BCUT2D eigenvalue weighted by atomic mass is 10.1. The number of thiazole rings is 1. The van der Waals surface area contributed by atoms with Gasteiger partial charge in [0.1, 0.15) is 17.1 Å². The third-order valence-corrected chi connectivity index (χ3v) is 4.93. The van der Waals surface area contributed by atoms with Crippen LogP contribution in [0.1, 0.15) is 34.2 Å². The lowest BCUT2D eigenvalue weighted by molar-refractivity contribution is 0.236. The summed E-state index contributed by atoms with van der Waals surface area (Å²) in [6, 6.07) is 5.19. The van der Waals surface area contributed by atoms with E-state index < -0.39 is 0 Å². The summed E-state index contributed by atoms with van der Waals surface area (Å²) in [4.78, 5) is 17.3. The Morgan fingerprint density at radius 1 is 1.40 bits per heavy atom. The minimum absolute atomic E-state index is 0.240. The molecule has 0 aliphatic rings. The first kappa shape index (κ1) is 17.3. The summed E-state index contributed by atoms with van der Waals surface area (Å²) in [6.07, 6.45) is 1.78. The number of furan rings is 1. The van der Waals surface area contributed by atoms with Gasteiger partial charge in [0.25, 0.3) is 0 Å². The summed E-state index contributed by atoms with van der Waals surface area (Å²) in [5, 5.41) is 7.73. The van der Waals surface area contributed by atoms with Gasteiger partial charge in [0.15, 0.2) is 0 Å². The normalized spacial score (nSPS) is 12.2. The fraction of sp³-hybridized carbons (Fsp3) is 0.333. The average Bonchev–Trinajstić information content (AvgIpc) is 3.16. The largest absolute Gasteiger partial charge is 0.497 e. The predicted molar refractivity (Wildman–Crippen MR) is 98.1 cm³/mol. The maximum Gasteiger partial charge on any atom is 0.315 e. The van der Waals surface area contributed by atoms with Gasteiger partial charge in [-0.25, -0.2) is 9.78 Å². The van der Waals surface area contributed by atoms with Gasteiger partial charge in [0.05, 0.1) is 24.7 Å². The number of nitrogens with zero attached hydrogens (tertiary/aromatic N) is 1.